The summed E-state index contributed by atoms with van der Waals surface area (Å²) in [6, 6.07) is 18.5. The van der Waals surface area contributed by atoms with E-state index in [9.17, 15) is 4.21 Å². The summed E-state index contributed by atoms with van der Waals surface area (Å²) in [6.45, 7) is 6.61. The van der Waals surface area contributed by atoms with Gasteiger partial charge in [-0.05, 0) is 28.2 Å². The molecule has 0 aliphatic rings. The summed E-state index contributed by atoms with van der Waals surface area (Å²) in [5.41, 5.74) is 4.57. The van der Waals surface area contributed by atoms with Crippen LogP contribution in [0.3, 0.4) is 0 Å². The van der Waals surface area contributed by atoms with Gasteiger partial charge in [0.15, 0.2) is 0 Å². The highest BCUT2D eigenvalue weighted by molar-refractivity contribution is 7.83. The van der Waals surface area contributed by atoms with Crippen molar-refractivity contribution in [2.75, 3.05) is 0 Å². The van der Waals surface area contributed by atoms with Crippen LogP contribution in [0.25, 0.3) is 10.9 Å². The molecule has 3 aromatic rings. The molecule has 1 heterocycles. The molecule has 2 nitrogen and oxygen atoms in total. The minimum absolute atomic E-state index is 0.145. The molecule has 3 heteroatoms. The lowest BCUT2D eigenvalue weighted by Crippen LogP contribution is -2.10. The molecular weight excluding hydrogens is 314 g/mol. The van der Waals surface area contributed by atoms with Crippen LogP contribution >= 0.6 is 0 Å². The third-order valence-corrected chi connectivity index (χ3v) is 5.47. The Morgan fingerprint density at radius 1 is 0.917 bits per heavy atom. The number of rotatable bonds is 4. The van der Waals surface area contributed by atoms with Gasteiger partial charge in [0.25, 0.3) is 0 Å². The highest BCUT2D eigenvalue weighted by Gasteiger charge is 2.13. The average Bonchev–Trinajstić information content (AvgIpc) is 2.55. The topological polar surface area (TPSA) is 30.0 Å². The fourth-order valence-corrected chi connectivity index (χ4v) is 4.04. The summed E-state index contributed by atoms with van der Waals surface area (Å²) in [4.78, 5) is 4.45. The second kappa shape index (κ2) is 6.86. The lowest BCUT2D eigenvalue weighted by Gasteiger charge is -2.19. The fourth-order valence-electron chi connectivity index (χ4n) is 2.80. The number of pyridine rings is 1. The summed E-state index contributed by atoms with van der Waals surface area (Å²) in [7, 11) is -0.946. The van der Waals surface area contributed by atoms with Gasteiger partial charge in [-0.1, -0.05) is 69.3 Å². The van der Waals surface area contributed by atoms with Crippen molar-refractivity contribution >= 4 is 21.7 Å². The van der Waals surface area contributed by atoms with Crippen LogP contribution in [0, 0.1) is 0 Å². The molecule has 3 rings (SSSR count). The van der Waals surface area contributed by atoms with Crippen molar-refractivity contribution < 1.29 is 4.21 Å². The zero-order valence-corrected chi connectivity index (χ0v) is 15.3. The molecule has 0 bridgehead atoms. The first-order valence-corrected chi connectivity index (χ1v) is 9.69. The molecule has 0 aliphatic heterocycles. The molecule has 0 amide bonds. The van der Waals surface area contributed by atoms with Gasteiger partial charge < -0.3 is 0 Å². The Bertz CT molecular complexity index is 858. The molecule has 0 saturated carbocycles. The molecular formula is C21H23NOS. The van der Waals surface area contributed by atoms with Crippen molar-refractivity contribution in [3.63, 3.8) is 0 Å². The van der Waals surface area contributed by atoms with Gasteiger partial charge in [-0.2, -0.15) is 0 Å². The molecule has 0 aliphatic carbocycles. The van der Waals surface area contributed by atoms with Crippen molar-refractivity contribution in [3.05, 3.63) is 77.5 Å². The van der Waals surface area contributed by atoms with Gasteiger partial charge in [0.05, 0.1) is 11.3 Å². The first kappa shape index (κ1) is 16.8. The number of para-hydroxylation sites is 1. The maximum atomic E-state index is 12.6. The van der Waals surface area contributed by atoms with E-state index in [0.29, 0.717) is 11.5 Å². The smallest absolute Gasteiger partial charge is 0.0743 e. The third-order valence-electron chi connectivity index (χ3n) is 4.18. The zero-order valence-electron chi connectivity index (χ0n) is 14.5. The first-order valence-electron chi connectivity index (χ1n) is 8.20. The SMILES string of the molecule is CC(C)(C)c1ccc(C[S@](=O)Cc2cccc3cccnc23)cc1. The molecule has 0 saturated heterocycles. The van der Waals surface area contributed by atoms with Crippen molar-refractivity contribution in [1.82, 2.24) is 4.98 Å². The zero-order chi connectivity index (χ0) is 17.2. The molecule has 0 N–H and O–H groups in total. The van der Waals surface area contributed by atoms with Crippen LogP contribution in [0.5, 0.6) is 0 Å². The van der Waals surface area contributed by atoms with E-state index in [1.165, 1.54) is 5.56 Å². The lowest BCUT2D eigenvalue weighted by atomic mass is 9.87. The molecule has 124 valence electrons. The van der Waals surface area contributed by atoms with Crippen LogP contribution in [0.4, 0.5) is 0 Å². The van der Waals surface area contributed by atoms with E-state index < -0.39 is 10.8 Å². The minimum Gasteiger partial charge on any atom is -0.259 e. The number of fused-ring (bicyclic) bond motifs is 1. The first-order chi connectivity index (χ1) is 11.4. The fraction of sp³-hybridized carbons (Fsp3) is 0.286. The van der Waals surface area contributed by atoms with Gasteiger partial charge in [-0.25, -0.2) is 0 Å². The molecule has 0 spiro atoms. The van der Waals surface area contributed by atoms with E-state index in [-0.39, 0.29) is 5.41 Å². The molecule has 2 aromatic carbocycles. The van der Waals surface area contributed by atoms with E-state index in [2.05, 4.69) is 50.0 Å². The normalized spacial score (nSPS) is 13.1. The van der Waals surface area contributed by atoms with Crippen LogP contribution < -0.4 is 0 Å². The van der Waals surface area contributed by atoms with Gasteiger partial charge in [0.2, 0.25) is 0 Å². The Hall–Kier alpha value is -2.00. The van der Waals surface area contributed by atoms with Crippen molar-refractivity contribution in [3.8, 4) is 0 Å². The third kappa shape index (κ3) is 3.90. The molecule has 24 heavy (non-hydrogen) atoms. The quantitative estimate of drug-likeness (QED) is 0.672. The van der Waals surface area contributed by atoms with Crippen molar-refractivity contribution in [2.45, 2.75) is 37.7 Å². The molecule has 0 fully saturated rings. The Balaban J connectivity index is 1.73. The summed E-state index contributed by atoms with van der Waals surface area (Å²) < 4.78 is 12.6. The number of aromatic nitrogens is 1. The van der Waals surface area contributed by atoms with Gasteiger partial charge in [-0.15, -0.1) is 0 Å². The summed E-state index contributed by atoms with van der Waals surface area (Å²) in [6.07, 6.45) is 1.79. The highest BCUT2D eigenvalue weighted by atomic mass is 32.2. The van der Waals surface area contributed by atoms with Crippen LogP contribution in [0.2, 0.25) is 0 Å². The monoisotopic (exact) mass is 337 g/mol. The number of benzene rings is 2. The number of hydrogen-bond acceptors (Lipinski definition) is 2. The summed E-state index contributed by atoms with van der Waals surface area (Å²) in [5.74, 6) is 1.11. The predicted octanol–water partition coefficient (Wildman–Crippen LogP) is 4.98. The number of nitrogens with zero attached hydrogens (tertiary/aromatic N) is 1. The van der Waals surface area contributed by atoms with Crippen LogP contribution in [0.15, 0.2) is 60.8 Å². The van der Waals surface area contributed by atoms with E-state index in [1.54, 1.807) is 6.20 Å². The molecule has 1 atom stereocenters. The van der Waals surface area contributed by atoms with Gasteiger partial charge >= 0.3 is 0 Å². The predicted molar refractivity (Wildman–Crippen MR) is 102 cm³/mol. The molecule has 0 radical (unpaired) electrons. The van der Waals surface area contributed by atoms with Crippen LogP contribution in [-0.4, -0.2) is 9.19 Å². The van der Waals surface area contributed by atoms with E-state index >= 15 is 0 Å². The standard InChI is InChI=1S/C21H23NOS/c1-21(2,3)19-11-9-16(10-12-19)14-24(23)15-18-7-4-6-17-8-5-13-22-20(17)18/h4-13H,14-15H2,1-3H3/t24-/m0/s1. The maximum Gasteiger partial charge on any atom is 0.0743 e. The van der Waals surface area contributed by atoms with E-state index in [1.807, 2.05) is 30.3 Å². The van der Waals surface area contributed by atoms with E-state index in [4.69, 9.17) is 0 Å². The van der Waals surface area contributed by atoms with Gasteiger partial charge in [-0.3, -0.25) is 9.19 Å². The van der Waals surface area contributed by atoms with Gasteiger partial charge in [0.1, 0.15) is 0 Å². The highest BCUT2D eigenvalue weighted by Crippen LogP contribution is 2.23. The van der Waals surface area contributed by atoms with Gasteiger partial charge in [0, 0.05) is 28.1 Å². The number of hydrogen-bond donors (Lipinski definition) is 0. The second-order valence-corrected chi connectivity index (χ2v) is 8.62. The van der Waals surface area contributed by atoms with Crippen LogP contribution in [-0.2, 0) is 27.7 Å². The van der Waals surface area contributed by atoms with Crippen molar-refractivity contribution in [2.24, 2.45) is 0 Å². The Morgan fingerprint density at radius 2 is 1.62 bits per heavy atom. The minimum atomic E-state index is -0.946. The Kier molecular flexibility index (Phi) is 4.81. The maximum absolute atomic E-state index is 12.6. The lowest BCUT2D eigenvalue weighted by molar-refractivity contribution is 0.590. The second-order valence-electron chi connectivity index (χ2n) is 7.17. The van der Waals surface area contributed by atoms with Crippen molar-refractivity contribution in [1.29, 1.82) is 0 Å². The summed E-state index contributed by atoms with van der Waals surface area (Å²) >= 11 is 0. The van der Waals surface area contributed by atoms with Crippen LogP contribution in [0.1, 0.15) is 37.5 Å². The molecule has 1 aromatic heterocycles. The Morgan fingerprint density at radius 3 is 2.33 bits per heavy atom. The largest absolute Gasteiger partial charge is 0.259 e. The summed E-state index contributed by atoms with van der Waals surface area (Å²) in [5, 5.41) is 1.10. The van der Waals surface area contributed by atoms with E-state index in [0.717, 1.165) is 22.0 Å². The molecule has 0 unspecified atom stereocenters. The Labute approximate surface area is 146 Å². The average molecular weight is 337 g/mol.